The van der Waals surface area contributed by atoms with Crippen LogP contribution in [0.1, 0.15) is 13.8 Å². The Bertz CT molecular complexity index is 160. The van der Waals surface area contributed by atoms with Crippen molar-refractivity contribution < 1.29 is 9.59 Å². The second-order valence-electron chi connectivity index (χ2n) is 1.82. The van der Waals surface area contributed by atoms with Gasteiger partial charge in [-0.1, -0.05) is 5.92 Å². The molecule has 0 bridgehead atoms. The van der Waals surface area contributed by atoms with Gasteiger partial charge >= 0.3 is 0 Å². The summed E-state index contributed by atoms with van der Waals surface area (Å²) in [6.45, 7) is 2.62. The fourth-order valence-corrected chi connectivity index (χ4v) is 0.521. The molecule has 0 amide bonds. The van der Waals surface area contributed by atoms with Crippen LogP contribution in [-0.2, 0) is 9.59 Å². The molecule has 48 valence electrons. The van der Waals surface area contributed by atoms with Gasteiger partial charge in [0.2, 0.25) is 0 Å². The quantitative estimate of drug-likeness (QED) is 0.394. The van der Waals surface area contributed by atoms with Gasteiger partial charge in [0.25, 0.3) is 0 Å². The van der Waals surface area contributed by atoms with Crippen molar-refractivity contribution in [1.29, 1.82) is 0 Å². The minimum atomic E-state index is -0.829. The van der Waals surface area contributed by atoms with E-state index >= 15 is 0 Å². The van der Waals surface area contributed by atoms with E-state index in [9.17, 15) is 9.59 Å². The monoisotopic (exact) mass is 124 g/mol. The maximum atomic E-state index is 10.5. The molecule has 0 N–H and O–H groups in total. The number of carbonyl (C=O) groups excluding carboxylic acids is 2. The second kappa shape index (κ2) is 3.03. The molecular formula is C7H8O2. The van der Waals surface area contributed by atoms with Crippen LogP contribution in [0.4, 0.5) is 0 Å². The minimum absolute atomic E-state index is 0.259. The van der Waals surface area contributed by atoms with Gasteiger partial charge in [0.1, 0.15) is 5.92 Å². The Hall–Kier alpha value is -1.10. The average molecular weight is 124 g/mol. The molecule has 0 atom stereocenters. The first-order chi connectivity index (χ1) is 4.09. The van der Waals surface area contributed by atoms with E-state index in [1.165, 1.54) is 13.8 Å². The van der Waals surface area contributed by atoms with Gasteiger partial charge in [-0.3, -0.25) is 9.59 Å². The first kappa shape index (κ1) is 7.90. The summed E-state index contributed by atoms with van der Waals surface area (Å²) in [5, 5.41) is 0. The van der Waals surface area contributed by atoms with Crippen LogP contribution < -0.4 is 0 Å². The normalized spacial score (nSPS) is 8.67. The van der Waals surface area contributed by atoms with Gasteiger partial charge in [0.05, 0.1) is 0 Å². The molecule has 0 rings (SSSR count). The number of rotatable bonds is 2. The highest BCUT2D eigenvalue weighted by molar-refractivity contribution is 6.03. The molecule has 9 heavy (non-hydrogen) atoms. The van der Waals surface area contributed by atoms with E-state index in [0.29, 0.717) is 0 Å². The van der Waals surface area contributed by atoms with E-state index in [1.807, 2.05) is 0 Å². The highest BCUT2D eigenvalue weighted by Gasteiger charge is 2.14. The van der Waals surface area contributed by atoms with Crippen LogP contribution in [0.2, 0.25) is 0 Å². The number of terminal acetylenes is 1. The maximum Gasteiger partial charge on any atom is 0.152 e. The lowest BCUT2D eigenvalue weighted by Crippen LogP contribution is -2.16. The number of hydrogen-bond acceptors (Lipinski definition) is 2. The van der Waals surface area contributed by atoms with Crippen LogP contribution in [-0.4, -0.2) is 11.6 Å². The van der Waals surface area contributed by atoms with Crippen LogP contribution in [0.3, 0.4) is 0 Å². The zero-order chi connectivity index (χ0) is 7.44. The van der Waals surface area contributed by atoms with Crippen LogP contribution in [0.25, 0.3) is 0 Å². The van der Waals surface area contributed by atoms with Crippen molar-refractivity contribution in [2.45, 2.75) is 13.8 Å². The third kappa shape index (κ3) is 2.09. The van der Waals surface area contributed by atoms with Gasteiger partial charge in [-0.05, 0) is 13.8 Å². The molecule has 0 aromatic rings. The van der Waals surface area contributed by atoms with E-state index in [4.69, 9.17) is 6.42 Å². The van der Waals surface area contributed by atoms with Gasteiger partial charge in [-0.15, -0.1) is 6.42 Å². The van der Waals surface area contributed by atoms with Gasteiger partial charge in [-0.25, -0.2) is 0 Å². The highest BCUT2D eigenvalue weighted by Crippen LogP contribution is 1.96. The Kier molecular flexibility index (Phi) is 2.66. The van der Waals surface area contributed by atoms with Crippen molar-refractivity contribution >= 4 is 11.6 Å². The van der Waals surface area contributed by atoms with Crippen LogP contribution in [0, 0.1) is 18.3 Å². The van der Waals surface area contributed by atoms with E-state index in [1.54, 1.807) is 0 Å². The molecule has 2 nitrogen and oxygen atoms in total. The molecule has 0 saturated heterocycles. The molecule has 0 aliphatic rings. The summed E-state index contributed by atoms with van der Waals surface area (Å²) in [4.78, 5) is 20.9. The summed E-state index contributed by atoms with van der Waals surface area (Å²) in [7, 11) is 0. The van der Waals surface area contributed by atoms with Gasteiger partial charge in [0.15, 0.2) is 11.6 Å². The summed E-state index contributed by atoms with van der Waals surface area (Å²) in [5.74, 6) is 0.755. The lowest BCUT2D eigenvalue weighted by atomic mass is 10.0. The number of carbonyl (C=O) groups is 2. The standard InChI is InChI=1S/C7H8O2/c1-4-7(5(2)8)6(3)9/h1,7H,2-3H3. The summed E-state index contributed by atoms with van der Waals surface area (Å²) < 4.78 is 0. The predicted molar refractivity (Wildman–Crippen MR) is 33.7 cm³/mol. The zero-order valence-electron chi connectivity index (χ0n) is 5.47. The molecule has 2 heteroatoms. The molecule has 0 radical (unpaired) electrons. The third-order valence-electron chi connectivity index (χ3n) is 0.980. The Balaban J connectivity index is 4.22. The van der Waals surface area contributed by atoms with Crippen LogP contribution >= 0.6 is 0 Å². The predicted octanol–water partition coefficient (Wildman–Crippen LogP) is 0.414. The van der Waals surface area contributed by atoms with E-state index in [0.717, 1.165) is 0 Å². The van der Waals surface area contributed by atoms with Gasteiger partial charge in [-0.2, -0.15) is 0 Å². The van der Waals surface area contributed by atoms with E-state index in [2.05, 4.69) is 5.92 Å². The fourth-order valence-electron chi connectivity index (χ4n) is 0.521. The molecule has 0 aromatic carbocycles. The molecule has 0 fully saturated rings. The molecule has 0 spiro atoms. The molecule has 0 heterocycles. The first-order valence-corrected chi connectivity index (χ1v) is 2.56. The topological polar surface area (TPSA) is 34.1 Å². The molecule has 0 saturated carbocycles. The molecular weight excluding hydrogens is 116 g/mol. The Morgan fingerprint density at radius 2 is 1.67 bits per heavy atom. The van der Waals surface area contributed by atoms with Crippen molar-refractivity contribution in [1.82, 2.24) is 0 Å². The third-order valence-corrected chi connectivity index (χ3v) is 0.980. The van der Waals surface area contributed by atoms with Crippen molar-refractivity contribution in [3.63, 3.8) is 0 Å². The minimum Gasteiger partial charge on any atom is -0.298 e. The average Bonchev–Trinajstić information content (AvgIpc) is 1.64. The summed E-state index contributed by atoms with van der Waals surface area (Å²) in [5.41, 5.74) is 0. The number of hydrogen-bond donors (Lipinski definition) is 0. The zero-order valence-corrected chi connectivity index (χ0v) is 5.47. The maximum absolute atomic E-state index is 10.5. The highest BCUT2D eigenvalue weighted by atomic mass is 16.1. The second-order valence-corrected chi connectivity index (χ2v) is 1.82. The van der Waals surface area contributed by atoms with Gasteiger partial charge < -0.3 is 0 Å². The molecule has 0 aliphatic heterocycles. The van der Waals surface area contributed by atoms with E-state index in [-0.39, 0.29) is 11.6 Å². The first-order valence-electron chi connectivity index (χ1n) is 2.56. The fraction of sp³-hybridized carbons (Fsp3) is 0.429. The summed E-state index contributed by atoms with van der Waals surface area (Å²) >= 11 is 0. The van der Waals surface area contributed by atoms with Crippen molar-refractivity contribution in [3.05, 3.63) is 0 Å². The molecule has 0 aliphatic carbocycles. The lowest BCUT2D eigenvalue weighted by Gasteiger charge is -1.97. The van der Waals surface area contributed by atoms with Crippen molar-refractivity contribution in [2.24, 2.45) is 5.92 Å². The van der Waals surface area contributed by atoms with Crippen molar-refractivity contribution in [3.8, 4) is 12.3 Å². The summed E-state index contributed by atoms with van der Waals surface area (Å²) in [6.07, 6.45) is 4.88. The Labute approximate surface area is 54.3 Å². The van der Waals surface area contributed by atoms with Crippen LogP contribution in [0.5, 0.6) is 0 Å². The number of Topliss-reactive ketones (excluding diaryl/α,β-unsaturated/α-hetero) is 2. The SMILES string of the molecule is C#CC(C(C)=O)C(C)=O. The smallest absolute Gasteiger partial charge is 0.152 e. The summed E-state index contributed by atoms with van der Waals surface area (Å²) in [6, 6.07) is 0. The molecule has 0 aromatic heterocycles. The van der Waals surface area contributed by atoms with Gasteiger partial charge in [0, 0.05) is 0 Å². The molecule has 0 unspecified atom stereocenters. The van der Waals surface area contributed by atoms with Crippen molar-refractivity contribution in [2.75, 3.05) is 0 Å². The largest absolute Gasteiger partial charge is 0.298 e. The number of ketones is 2. The lowest BCUT2D eigenvalue weighted by molar-refractivity contribution is -0.127. The van der Waals surface area contributed by atoms with E-state index < -0.39 is 5.92 Å². The van der Waals surface area contributed by atoms with Crippen LogP contribution in [0.15, 0.2) is 0 Å². The Morgan fingerprint density at radius 1 is 1.33 bits per heavy atom. The Morgan fingerprint density at radius 3 is 1.67 bits per heavy atom.